The molecule has 11 nitrogen and oxygen atoms in total. The zero-order valence-corrected chi connectivity index (χ0v) is 13.2. The van der Waals surface area contributed by atoms with Crippen LogP contribution in [0.1, 0.15) is 5.82 Å². The van der Waals surface area contributed by atoms with Crippen molar-refractivity contribution in [1.29, 1.82) is 0 Å². The van der Waals surface area contributed by atoms with Gasteiger partial charge in [0.05, 0.1) is 26.8 Å². The quantitative estimate of drug-likeness (QED) is 0.415. The number of carbonyl (C=O) groups is 1. The molecular formula is C13H18N6O5. The van der Waals surface area contributed by atoms with E-state index in [9.17, 15) is 14.9 Å². The van der Waals surface area contributed by atoms with Crippen molar-refractivity contribution in [3.63, 3.8) is 0 Å². The first kappa shape index (κ1) is 16.3. The summed E-state index contributed by atoms with van der Waals surface area (Å²) in [5.74, 6) is 0.136. The molecule has 11 heteroatoms. The van der Waals surface area contributed by atoms with Crippen molar-refractivity contribution in [3.05, 3.63) is 22.1 Å². The van der Waals surface area contributed by atoms with E-state index >= 15 is 0 Å². The van der Waals surface area contributed by atoms with Gasteiger partial charge in [-0.25, -0.2) is 14.3 Å². The first-order chi connectivity index (χ1) is 11.5. The standard InChI is InChI=1S/C13H18N6O5/c1-16-11(14-7-12(16)19(21)22)6-15-18-9-10(24-13(18)20)8-17-2-4-23-5-3-17/h6-7,10H,2-5,8-9H2,1H3/b15-6+/t10-/m1/s1. The summed E-state index contributed by atoms with van der Waals surface area (Å²) < 4.78 is 11.9. The number of rotatable bonds is 5. The van der Waals surface area contributed by atoms with Crippen molar-refractivity contribution in [3.8, 4) is 0 Å². The van der Waals surface area contributed by atoms with Gasteiger partial charge >= 0.3 is 11.9 Å². The highest BCUT2D eigenvalue weighted by molar-refractivity contribution is 5.78. The van der Waals surface area contributed by atoms with Crippen LogP contribution in [0.25, 0.3) is 0 Å². The highest BCUT2D eigenvalue weighted by Gasteiger charge is 2.33. The molecule has 1 aromatic heterocycles. The van der Waals surface area contributed by atoms with E-state index in [4.69, 9.17) is 9.47 Å². The third-order valence-electron chi connectivity index (χ3n) is 3.92. The van der Waals surface area contributed by atoms with Crippen LogP contribution in [0.15, 0.2) is 11.3 Å². The summed E-state index contributed by atoms with van der Waals surface area (Å²) in [5.41, 5.74) is 0. The molecule has 0 aliphatic carbocycles. The summed E-state index contributed by atoms with van der Waals surface area (Å²) >= 11 is 0. The highest BCUT2D eigenvalue weighted by atomic mass is 16.6. The van der Waals surface area contributed by atoms with E-state index in [0.29, 0.717) is 26.3 Å². The number of imidazole rings is 1. The normalized spacial score (nSPS) is 22.3. The first-order valence-electron chi connectivity index (χ1n) is 7.53. The number of carbonyl (C=O) groups excluding carboxylic acids is 1. The summed E-state index contributed by atoms with van der Waals surface area (Å²) in [6.45, 7) is 3.96. The zero-order chi connectivity index (χ0) is 17.1. The van der Waals surface area contributed by atoms with E-state index in [-0.39, 0.29) is 17.7 Å². The van der Waals surface area contributed by atoms with Crippen LogP contribution < -0.4 is 0 Å². The molecule has 2 aliphatic heterocycles. The number of aromatic nitrogens is 2. The fourth-order valence-electron chi connectivity index (χ4n) is 2.59. The smallest absolute Gasteiger partial charge is 0.430 e. The van der Waals surface area contributed by atoms with Crippen molar-refractivity contribution >= 4 is 18.1 Å². The maximum Gasteiger partial charge on any atom is 0.430 e. The second-order valence-electron chi connectivity index (χ2n) is 5.54. The monoisotopic (exact) mass is 338 g/mol. The molecule has 0 unspecified atom stereocenters. The summed E-state index contributed by atoms with van der Waals surface area (Å²) in [6.07, 6.45) is 1.66. The van der Waals surface area contributed by atoms with Crippen LogP contribution in [0.3, 0.4) is 0 Å². The number of cyclic esters (lactones) is 1. The zero-order valence-electron chi connectivity index (χ0n) is 13.2. The lowest BCUT2D eigenvalue weighted by molar-refractivity contribution is -0.391. The highest BCUT2D eigenvalue weighted by Crippen LogP contribution is 2.15. The van der Waals surface area contributed by atoms with Crippen LogP contribution in [-0.4, -0.2) is 82.2 Å². The molecule has 0 saturated carbocycles. The van der Waals surface area contributed by atoms with Crippen LogP contribution >= 0.6 is 0 Å². The van der Waals surface area contributed by atoms with E-state index in [1.54, 1.807) is 0 Å². The molecule has 3 heterocycles. The number of nitro groups is 1. The second-order valence-corrected chi connectivity index (χ2v) is 5.54. The fourth-order valence-corrected chi connectivity index (χ4v) is 2.59. The SMILES string of the molecule is Cn1c([N+](=O)[O-])cnc1/C=N/N1C[C@@H](CN2CCOCC2)OC1=O. The van der Waals surface area contributed by atoms with E-state index in [0.717, 1.165) is 19.3 Å². The van der Waals surface area contributed by atoms with Crippen molar-refractivity contribution in [2.75, 3.05) is 39.4 Å². The fraction of sp³-hybridized carbons (Fsp3) is 0.615. The van der Waals surface area contributed by atoms with E-state index < -0.39 is 11.0 Å². The molecule has 0 bridgehead atoms. The predicted octanol–water partition coefficient (Wildman–Crippen LogP) is -0.185. The first-order valence-corrected chi connectivity index (χ1v) is 7.53. The molecule has 130 valence electrons. The summed E-state index contributed by atoms with van der Waals surface area (Å²) in [6, 6.07) is 0. The van der Waals surface area contributed by atoms with Crippen LogP contribution in [0.2, 0.25) is 0 Å². The van der Waals surface area contributed by atoms with E-state index in [1.807, 2.05) is 0 Å². The average molecular weight is 338 g/mol. The average Bonchev–Trinajstić information content (AvgIpc) is 3.09. The minimum absolute atomic E-state index is 0.148. The minimum atomic E-state index is -0.535. The minimum Gasteiger partial charge on any atom is -0.441 e. The van der Waals surface area contributed by atoms with Gasteiger partial charge in [0, 0.05) is 19.6 Å². The molecule has 3 rings (SSSR count). The Bertz CT molecular complexity index is 653. The third-order valence-corrected chi connectivity index (χ3v) is 3.92. The summed E-state index contributed by atoms with van der Waals surface area (Å²) in [5, 5.41) is 16.0. The summed E-state index contributed by atoms with van der Waals surface area (Å²) in [4.78, 5) is 28.2. The lowest BCUT2D eigenvalue weighted by Gasteiger charge is -2.27. The molecule has 1 atom stereocenters. The van der Waals surface area contributed by atoms with E-state index in [1.165, 1.54) is 22.8 Å². The van der Waals surface area contributed by atoms with E-state index in [2.05, 4.69) is 15.0 Å². The molecular weight excluding hydrogens is 320 g/mol. The molecule has 0 N–H and O–H groups in total. The molecule has 0 radical (unpaired) electrons. The van der Waals surface area contributed by atoms with Gasteiger partial charge in [-0.2, -0.15) is 10.1 Å². The van der Waals surface area contributed by atoms with Gasteiger partial charge in [-0.05, 0) is 4.92 Å². The van der Waals surface area contributed by atoms with Crippen LogP contribution in [0, 0.1) is 10.1 Å². The number of hydrogen-bond donors (Lipinski definition) is 0. The predicted molar refractivity (Wildman–Crippen MR) is 81.7 cm³/mol. The largest absolute Gasteiger partial charge is 0.441 e. The van der Waals surface area contributed by atoms with Crippen LogP contribution in [0.5, 0.6) is 0 Å². The number of nitrogens with zero attached hydrogens (tertiary/aromatic N) is 6. The lowest BCUT2D eigenvalue weighted by atomic mass is 10.3. The maximum atomic E-state index is 11.9. The molecule has 24 heavy (non-hydrogen) atoms. The lowest BCUT2D eigenvalue weighted by Crippen LogP contribution is -2.41. The molecule has 1 aromatic rings. The van der Waals surface area contributed by atoms with Crippen LogP contribution in [0.4, 0.5) is 10.6 Å². The van der Waals surface area contributed by atoms with Crippen molar-refractivity contribution in [2.24, 2.45) is 12.1 Å². The van der Waals surface area contributed by atoms with Crippen LogP contribution in [-0.2, 0) is 16.5 Å². The molecule has 1 amide bonds. The Balaban J connectivity index is 1.59. The van der Waals surface area contributed by atoms with Crippen molar-refractivity contribution < 1.29 is 19.2 Å². The van der Waals surface area contributed by atoms with Crippen molar-refractivity contribution in [1.82, 2.24) is 19.5 Å². The Labute approximate surface area is 137 Å². The number of hydrazone groups is 1. The number of amides is 1. The Kier molecular flexibility index (Phi) is 4.71. The summed E-state index contributed by atoms with van der Waals surface area (Å²) in [7, 11) is 1.51. The Morgan fingerprint density at radius 1 is 1.50 bits per heavy atom. The Morgan fingerprint density at radius 3 is 2.92 bits per heavy atom. The van der Waals surface area contributed by atoms with Crippen molar-refractivity contribution in [2.45, 2.75) is 6.10 Å². The third kappa shape index (κ3) is 3.51. The Morgan fingerprint density at radius 2 is 2.25 bits per heavy atom. The molecule has 2 saturated heterocycles. The number of hydrogen-bond acceptors (Lipinski definition) is 8. The van der Waals surface area contributed by atoms with Gasteiger partial charge in [-0.3, -0.25) is 4.90 Å². The number of morpholine rings is 1. The van der Waals surface area contributed by atoms with Gasteiger partial charge in [0.1, 0.15) is 18.5 Å². The molecule has 0 spiro atoms. The topological polar surface area (TPSA) is 115 Å². The molecule has 0 aromatic carbocycles. The molecule has 2 fully saturated rings. The van der Waals surface area contributed by atoms with Gasteiger partial charge < -0.3 is 19.6 Å². The van der Waals surface area contributed by atoms with Gasteiger partial charge in [0.25, 0.3) is 0 Å². The number of ether oxygens (including phenoxy) is 2. The van der Waals surface area contributed by atoms with Gasteiger partial charge in [-0.1, -0.05) is 0 Å². The molecule has 2 aliphatic rings. The van der Waals surface area contributed by atoms with Gasteiger partial charge in [0.2, 0.25) is 5.82 Å². The maximum absolute atomic E-state index is 11.9. The Hall–Kier alpha value is -2.53. The second kappa shape index (κ2) is 6.93. The van der Waals surface area contributed by atoms with Gasteiger partial charge in [0.15, 0.2) is 0 Å². The van der Waals surface area contributed by atoms with Gasteiger partial charge in [-0.15, -0.1) is 0 Å².